The van der Waals surface area contributed by atoms with Gasteiger partial charge in [0.05, 0.1) is 18.8 Å². The highest BCUT2D eigenvalue weighted by atomic mass is 79.9. The number of carbonyl (C=O) groups is 3. The van der Waals surface area contributed by atoms with Crippen LogP contribution in [0.25, 0.3) is 0 Å². The van der Waals surface area contributed by atoms with Crippen molar-refractivity contribution >= 4 is 41.2 Å². The van der Waals surface area contributed by atoms with Crippen LogP contribution < -0.4 is 4.90 Å². The summed E-state index contributed by atoms with van der Waals surface area (Å²) in [5.74, 6) is -0.336. The Kier molecular flexibility index (Phi) is 17.0. The Labute approximate surface area is 164 Å². The summed E-state index contributed by atoms with van der Waals surface area (Å²) in [6, 6.07) is 5.58. The minimum absolute atomic E-state index is 0.211. The molecule has 2 rings (SSSR count). The first kappa shape index (κ1) is 26.5. The molecule has 1 fully saturated rings. The van der Waals surface area contributed by atoms with Gasteiger partial charge < -0.3 is 24.3 Å². The molecule has 1 heterocycles. The Balaban J connectivity index is 0. The molecule has 1 unspecified atom stereocenters. The van der Waals surface area contributed by atoms with Gasteiger partial charge in [0.15, 0.2) is 0 Å². The molecule has 1 saturated heterocycles. The van der Waals surface area contributed by atoms with Crippen molar-refractivity contribution in [2.45, 2.75) is 45.6 Å². The summed E-state index contributed by atoms with van der Waals surface area (Å²) < 4.78 is 5.61. The van der Waals surface area contributed by atoms with Crippen LogP contribution in [0.15, 0.2) is 22.7 Å². The lowest BCUT2D eigenvalue weighted by molar-refractivity contribution is -0.0987. The van der Waals surface area contributed by atoms with Gasteiger partial charge in [0.2, 0.25) is 0 Å². The Morgan fingerprint density at radius 3 is 2.31 bits per heavy atom. The molecule has 1 N–H and O–H groups in total. The van der Waals surface area contributed by atoms with Crippen LogP contribution in [0.5, 0.6) is 0 Å². The third kappa shape index (κ3) is 10.3. The van der Waals surface area contributed by atoms with E-state index in [2.05, 4.69) is 34.7 Å². The molecule has 0 saturated carbocycles. The first-order chi connectivity index (χ1) is 12.5. The van der Waals surface area contributed by atoms with Crippen LogP contribution in [0.3, 0.4) is 0 Å². The van der Waals surface area contributed by atoms with Crippen molar-refractivity contribution in [2.24, 2.45) is 0 Å². The molecule has 0 amide bonds. The zero-order chi connectivity index (χ0) is 20.5. The molecule has 0 aliphatic carbocycles. The first-order valence-electron chi connectivity index (χ1n) is 8.41. The number of aliphatic hydroxyl groups excluding tert-OH is 1. The molecular weight excluding hydrogens is 402 g/mol. The monoisotopic (exact) mass is 431 g/mol. The first-order valence-corrected chi connectivity index (χ1v) is 9.20. The SMILES string of the molecule is C=O.C=O.CCC.COC(=O)c1cc(Br)cc(N2CCCC(O)CC2)c1. The summed E-state index contributed by atoms with van der Waals surface area (Å²) in [5.41, 5.74) is 1.53. The quantitative estimate of drug-likeness (QED) is 0.719. The molecule has 148 valence electrons. The third-order valence-electron chi connectivity index (χ3n) is 3.37. The Morgan fingerprint density at radius 1 is 1.19 bits per heavy atom. The molecule has 7 heteroatoms. The van der Waals surface area contributed by atoms with Crippen LogP contribution in [-0.2, 0) is 14.3 Å². The van der Waals surface area contributed by atoms with Gasteiger partial charge in [-0.1, -0.05) is 36.2 Å². The second-order valence-corrected chi connectivity index (χ2v) is 6.38. The molecule has 0 spiro atoms. The van der Waals surface area contributed by atoms with Gasteiger partial charge in [-0.05, 0) is 37.5 Å². The van der Waals surface area contributed by atoms with Crippen molar-refractivity contribution in [2.75, 3.05) is 25.1 Å². The fourth-order valence-corrected chi connectivity index (χ4v) is 2.81. The number of anilines is 1. The Hall–Kier alpha value is -1.73. The van der Waals surface area contributed by atoms with Crippen molar-refractivity contribution in [1.82, 2.24) is 0 Å². The van der Waals surface area contributed by atoms with Crippen molar-refractivity contribution in [1.29, 1.82) is 0 Å². The smallest absolute Gasteiger partial charge is 0.337 e. The molecule has 1 atom stereocenters. The lowest BCUT2D eigenvalue weighted by Gasteiger charge is -2.23. The molecule has 1 aromatic carbocycles. The maximum Gasteiger partial charge on any atom is 0.337 e. The van der Waals surface area contributed by atoms with Gasteiger partial charge in [-0.2, -0.15) is 0 Å². The van der Waals surface area contributed by atoms with E-state index in [4.69, 9.17) is 14.3 Å². The van der Waals surface area contributed by atoms with Gasteiger partial charge in [0.25, 0.3) is 0 Å². The Bertz CT molecular complexity index is 511. The van der Waals surface area contributed by atoms with Crippen LogP contribution in [0.2, 0.25) is 0 Å². The maximum atomic E-state index is 11.6. The number of aliphatic hydroxyl groups is 1. The highest BCUT2D eigenvalue weighted by molar-refractivity contribution is 9.10. The molecular formula is C19H30BrNO5. The van der Waals surface area contributed by atoms with E-state index in [0.29, 0.717) is 5.56 Å². The van der Waals surface area contributed by atoms with E-state index in [1.165, 1.54) is 13.5 Å². The zero-order valence-electron chi connectivity index (χ0n) is 15.9. The van der Waals surface area contributed by atoms with Crippen LogP contribution in [0, 0.1) is 0 Å². The summed E-state index contributed by atoms with van der Waals surface area (Å²) >= 11 is 3.42. The Morgan fingerprint density at radius 2 is 1.77 bits per heavy atom. The third-order valence-corrected chi connectivity index (χ3v) is 3.82. The van der Waals surface area contributed by atoms with Crippen molar-refractivity contribution in [3.63, 3.8) is 0 Å². The molecule has 1 aromatic rings. The van der Waals surface area contributed by atoms with E-state index >= 15 is 0 Å². The number of ether oxygens (including phenoxy) is 1. The fourth-order valence-electron chi connectivity index (χ4n) is 2.33. The highest BCUT2D eigenvalue weighted by Crippen LogP contribution is 2.25. The minimum atomic E-state index is -0.336. The van der Waals surface area contributed by atoms with E-state index in [9.17, 15) is 9.90 Å². The molecule has 1 aliphatic rings. The molecule has 1 aliphatic heterocycles. The number of nitrogens with zero attached hydrogens (tertiary/aromatic N) is 1. The number of carbonyl (C=O) groups excluding carboxylic acids is 3. The summed E-state index contributed by atoms with van der Waals surface area (Å²) in [6.07, 6.45) is 3.60. The molecule has 6 nitrogen and oxygen atoms in total. The van der Waals surface area contributed by atoms with Crippen LogP contribution in [-0.4, -0.2) is 51.0 Å². The van der Waals surface area contributed by atoms with Gasteiger partial charge in [-0.25, -0.2) is 4.79 Å². The fraction of sp³-hybridized carbons (Fsp3) is 0.526. The summed E-state index contributed by atoms with van der Waals surface area (Å²) in [6.45, 7) is 9.95. The standard InChI is InChI=1S/C14H18BrNO3.C3H8.2CH2O/c1-19-14(18)10-7-11(15)9-12(8-10)16-5-2-3-13(17)4-6-16;1-3-2;2*1-2/h7-9,13,17H,2-6H2,1H3;3H2,1-2H3;2*1H2. The summed E-state index contributed by atoms with van der Waals surface area (Å²) in [4.78, 5) is 29.8. The number of rotatable bonds is 2. The van der Waals surface area contributed by atoms with Crippen molar-refractivity contribution in [3.8, 4) is 0 Å². The van der Waals surface area contributed by atoms with Gasteiger partial charge in [0.1, 0.15) is 13.6 Å². The molecule has 0 bridgehead atoms. The number of hydrogen-bond acceptors (Lipinski definition) is 6. The number of halogens is 1. The highest BCUT2D eigenvalue weighted by Gasteiger charge is 2.17. The van der Waals surface area contributed by atoms with E-state index in [1.54, 1.807) is 6.07 Å². The lowest BCUT2D eigenvalue weighted by atomic mass is 10.2. The predicted molar refractivity (Wildman–Crippen MR) is 108 cm³/mol. The average molecular weight is 432 g/mol. The van der Waals surface area contributed by atoms with Crippen molar-refractivity contribution < 1.29 is 24.2 Å². The van der Waals surface area contributed by atoms with E-state index in [-0.39, 0.29) is 12.1 Å². The topological polar surface area (TPSA) is 83.9 Å². The van der Waals surface area contributed by atoms with E-state index in [0.717, 1.165) is 42.5 Å². The summed E-state index contributed by atoms with van der Waals surface area (Å²) in [7, 11) is 1.38. The number of hydrogen-bond donors (Lipinski definition) is 1. The second-order valence-electron chi connectivity index (χ2n) is 5.47. The number of esters is 1. The molecule has 0 radical (unpaired) electrons. The summed E-state index contributed by atoms with van der Waals surface area (Å²) in [5, 5.41) is 9.68. The largest absolute Gasteiger partial charge is 0.465 e. The second kappa shape index (κ2) is 16.7. The lowest BCUT2D eigenvalue weighted by Crippen LogP contribution is -2.25. The van der Waals surface area contributed by atoms with Gasteiger partial charge >= 0.3 is 5.97 Å². The number of methoxy groups -OCH3 is 1. The van der Waals surface area contributed by atoms with E-state index in [1.807, 2.05) is 25.7 Å². The van der Waals surface area contributed by atoms with Crippen LogP contribution in [0.1, 0.15) is 49.9 Å². The van der Waals surface area contributed by atoms with Gasteiger partial charge in [-0.3, -0.25) is 0 Å². The zero-order valence-corrected chi connectivity index (χ0v) is 17.5. The van der Waals surface area contributed by atoms with E-state index < -0.39 is 0 Å². The van der Waals surface area contributed by atoms with Gasteiger partial charge in [-0.15, -0.1) is 0 Å². The predicted octanol–water partition coefficient (Wildman–Crippen LogP) is 3.63. The van der Waals surface area contributed by atoms with Crippen LogP contribution >= 0.6 is 15.9 Å². The van der Waals surface area contributed by atoms with Gasteiger partial charge in [0, 0.05) is 23.2 Å². The maximum absolute atomic E-state index is 11.6. The minimum Gasteiger partial charge on any atom is -0.465 e. The van der Waals surface area contributed by atoms with Crippen LogP contribution in [0.4, 0.5) is 5.69 Å². The molecule has 26 heavy (non-hydrogen) atoms. The average Bonchev–Trinajstić information content (AvgIpc) is 2.89. The normalized spacial score (nSPS) is 15.6. The number of benzene rings is 1. The van der Waals surface area contributed by atoms with Crippen molar-refractivity contribution in [3.05, 3.63) is 28.2 Å². The molecule has 0 aromatic heterocycles.